The second-order valence-corrected chi connectivity index (χ2v) is 8.33. The number of nitrogens with one attached hydrogen (secondary N) is 1. The second-order valence-electron chi connectivity index (χ2n) is 8.33. The molecule has 2 aromatic rings. The maximum atomic E-state index is 12.8. The van der Waals surface area contributed by atoms with E-state index in [1.807, 2.05) is 43.3 Å². The number of amides is 3. The second kappa shape index (κ2) is 7.72. The number of anilines is 2. The highest BCUT2D eigenvalue weighted by molar-refractivity contribution is 5.89. The van der Waals surface area contributed by atoms with E-state index < -0.39 is 5.60 Å². The maximum Gasteiger partial charge on any atom is 0.410 e. The molecule has 162 valence electrons. The van der Waals surface area contributed by atoms with Crippen LogP contribution in [0.1, 0.15) is 18.7 Å². The number of rotatable bonds is 2. The molecular weight excluding hydrogens is 396 g/mol. The van der Waals surface area contributed by atoms with Crippen LogP contribution in [-0.4, -0.2) is 76.3 Å². The third kappa shape index (κ3) is 3.64. The quantitative estimate of drug-likeness (QED) is 0.800. The summed E-state index contributed by atoms with van der Waals surface area (Å²) in [6.07, 6.45) is 2.91. The fraction of sp³-hybridized carbons (Fsp3) is 0.455. The highest BCUT2D eigenvalue weighted by atomic mass is 16.6. The molecule has 0 bridgehead atoms. The number of urea groups is 1. The summed E-state index contributed by atoms with van der Waals surface area (Å²) in [6.45, 7) is 4.81. The van der Waals surface area contributed by atoms with Gasteiger partial charge in [-0.25, -0.2) is 19.6 Å². The Balaban J connectivity index is 1.28. The molecule has 1 atom stereocenters. The van der Waals surface area contributed by atoms with Gasteiger partial charge in [0.2, 0.25) is 0 Å². The molecule has 3 aliphatic heterocycles. The summed E-state index contributed by atoms with van der Waals surface area (Å²) in [5, 5.41) is 2.95. The Hall–Kier alpha value is -3.36. The van der Waals surface area contributed by atoms with Crippen LogP contribution < -0.4 is 10.2 Å². The first-order valence-corrected chi connectivity index (χ1v) is 10.7. The molecule has 1 spiro atoms. The van der Waals surface area contributed by atoms with Crippen molar-refractivity contribution >= 4 is 23.6 Å². The Morgan fingerprint density at radius 2 is 1.90 bits per heavy atom. The minimum absolute atomic E-state index is 0.135. The smallest absolute Gasteiger partial charge is 0.410 e. The van der Waals surface area contributed by atoms with Crippen molar-refractivity contribution in [3.05, 3.63) is 48.4 Å². The van der Waals surface area contributed by atoms with Crippen LogP contribution in [0, 0.1) is 6.92 Å². The molecule has 3 aliphatic rings. The first-order chi connectivity index (χ1) is 15.0. The van der Waals surface area contributed by atoms with Crippen LogP contribution in [0.25, 0.3) is 0 Å². The van der Waals surface area contributed by atoms with Gasteiger partial charge in [-0.1, -0.05) is 18.2 Å². The van der Waals surface area contributed by atoms with E-state index >= 15 is 0 Å². The molecule has 1 aromatic carbocycles. The Morgan fingerprint density at radius 1 is 1.13 bits per heavy atom. The molecule has 1 N–H and O–H groups in total. The normalized spacial score (nSPS) is 22.3. The van der Waals surface area contributed by atoms with Gasteiger partial charge in [-0.3, -0.25) is 4.90 Å². The van der Waals surface area contributed by atoms with E-state index in [1.165, 1.54) is 0 Å². The number of hydrogen-bond donors (Lipinski definition) is 1. The topological polar surface area (TPSA) is 90.9 Å². The van der Waals surface area contributed by atoms with Gasteiger partial charge in [0.25, 0.3) is 0 Å². The summed E-state index contributed by atoms with van der Waals surface area (Å²) in [7, 11) is 0. The molecule has 0 saturated carbocycles. The number of carbonyl (C=O) groups excluding carboxylic acids is 2. The Labute approximate surface area is 181 Å². The van der Waals surface area contributed by atoms with Gasteiger partial charge in [0.15, 0.2) is 0 Å². The van der Waals surface area contributed by atoms with Gasteiger partial charge in [-0.15, -0.1) is 0 Å². The van der Waals surface area contributed by atoms with E-state index in [1.54, 1.807) is 16.0 Å². The van der Waals surface area contributed by atoms with E-state index in [-0.39, 0.29) is 18.2 Å². The minimum atomic E-state index is -0.568. The predicted molar refractivity (Wildman–Crippen MR) is 115 cm³/mol. The highest BCUT2D eigenvalue weighted by Gasteiger charge is 2.57. The van der Waals surface area contributed by atoms with Crippen LogP contribution >= 0.6 is 0 Å². The van der Waals surface area contributed by atoms with Crippen molar-refractivity contribution in [3.8, 4) is 0 Å². The third-order valence-electron chi connectivity index (χ3n) is 6.52. The number of piperazine rings is 1. The molecule has 0 aliphatic carbocycles. The van der Waals surface area contributed by atoms with Crippen LogP contribution in [0.5, 0.6) is 0 Å². The molecule has 5 rings (SSSR count). The standard InChI is InChI=1S/C22H26N6O3/c1-16-23-10-7-19(24-16)26-11-8-22(9-12-26)18-15-27(13-14-28(18)21(30)31-22)20(29)25-17-5-3-2-4-6-17/h2-7,10,18H,8-9,11-15H2,1H3,(H,25,29). The Bertz CT molecular complexity index is 976. The molecule has 9 heteroatoms. The summed E-state index contributed by atoms with van der Waals surface area (Å²) in [5.74, 6) is 1.64. The lowest BCUT2D eigenvalue weighted by atomic mass is 9.83. The molecule has 4 heterocycles. The molecule has 9 nitrogen and oxygen atoms in total. The molecule has 3 fully saturated rings. The molecule has 3 amide bonds. The van der Waals surface area contributed by atoms with Crippen LogP contribution in [0.15, 0.2) is 42.6 Å². The van der Waals surface area contributed by atoms with Gasteiger partial charge in [0.05, 0.1) is 6.04 Å². The van der Waals surface area contributed by atoms with Crippen molar-refractivity contribution in [2.75, 3.05) is 42.9 Å². The summed E-state index contributed by atoms with van der Waals surface area (Å²) < 4.78 is 5.96. The van der Waals surface area contributed by atoms with E-state index in [0.717, 1.165) is 30.4 Å². The number of ether oxygens (including phenoxy) is 1. The van der Waals surface area contributed by atoms with Crippen molar-refractivity contribution in [2.45, 2.75) is 31.4 Å². The summed E-state index contributed by atoms with van der Waals surface area (Å²) >= 11 is 0. The number of para-hydroxylation sites is 1. The van der Waals surface area contributed by atoms with E-state index in [2.05, 4.69) is 20.2 Å². The summed E-state index contributed by atoms with van der Waals surface area (Å²) in [6, 6.07) is 11.0. The third-order valence-corrected chi connectivity index (χ3v) is 6.52. The number of carbonyl (C=O) groups is 2. The monoisotopic (exact) mass is 422 g/mol. The lowest BCUT2D eigenvalue weighted by Gasteiger charge is -2.45. The van der Waals surface area contributed by atoms with Gasteiger partial charge in [0.1, 0.15) is 17.2 Å². The van der Waals surface area contributed by atoms with Gasteiger partial charge in [-0.2, -0.15) is 0 Å². The zero-order chi connectivity index (χ0) is 21.4. The van der Waals surface area contributed by atoms with E-state index in [9.17, 15) is 9.59 Å². The molecular formula is C22H26N6O3. The molecule has 1 aromatic heterocycles. The van der Waals surface area contributed by atoms with Crippen molar-refractivity contribution in [1.82, 2.24) is 19.8 Å². The summed E-state index contributed by atoms with van der Waals surface area (Å²) in [4.78, 5) is 39.9. The zero-order valence-electron chi connectivity index (χ0n) is 17.5. The lowest BCUT2D eigenvalue weighted by molar-refractivity contribution is 0.000749. The van der Waals surface area contributed by atoms with Crippen LogP contribution in [-0.2, 0) is 4.74 Å². The van der Waals surface area contributed by atoms with Crippen molar-refractivity contribution < 1.29 is 14.3 Å². The average molecular weight is 422 g/mol. The number of aromatic nitrogens is 2. The predicted octanol–water partition coefficient (Wildman–Crippen LogP) is 2.49. The van der Waals surface area contributed by atoms with Crippen molar-refractivity contribution in [2.24, 2.45) is 0 Å². The Kier molecular flexibility index (Phi) is 4.88. The SMILES string of the molecule is Cc1nccc(N2CCC3(CC2)OC(=O)N2CCN(C(=O)Nc4ccccc4)CC23)n1. The largest absolute Gasteiger partial charge is 0.440 e. The van der Waals surface area contributed by atoms with Crippen LogP contribution in [0.4, 0.5) is 21.1 Å². The average Bonchev–Trinajstić information content (AvgIpc) is 3.05. The minimum Gasteiger partial charge on any atom is -0.440 e. The summed E-state index contributed by atoms with van der Waals surface area (Å²) in [5.41, 5.74) is 0.193. The highest BCUT2D eigenvalue weighted by Crippen LogP contribution is 2.41. The number of aryl methyl sites for hydroxylation is 1. The van der Waals surface area contributed by atoms with Gasteiger partial charge in [-0.05, 0) is 25.1 Å². The number of hydrogen-bond acceptors (Lipinski definition) is 6. The van der Waals surface area contributed by atoms with E-state index in [4.69, 9.17) is 4.74 Å². The van der Waals surface area contributed by atoms with Crippen LogP contribution in [0.2, 0.25) is 0 Å². The number of nitrogens with zero attached hydrogens (tertiary/aromatic N) is 5. The fourth-order valence-electron chi connectivity index (χ4n) is 4.83. The van der Waals surface area contributed by atoms with E-state index in [0.29, 0.717) is 32.5 Å². The van der Waals surface area contributed by atoms with Crippen molar-refractivity contribution in [1.29, 1.82) is 0 Å². The first-order valence-electron chi connectivity index (χ1n) is 10.7. The molecule has 3 saturated heterocycles. The number of piperidine rings is 1. The first kappa shape index (κ1) is 19.6. The maximum absolute atomic E-state index is 12.8. The molecule has 1 unspecified atom stereocenters. The van der Waals surface area contributed by atoms with Gasteiger partial charge >= 0.3 is 12.1 Å². The van der Waals surface area contributed by atoms with Crippen molar-refractivity contribution in [3.63, 3.8) is 0 Å². The fourth-order valence-corrected chi connectivity index (χ4v) is 4.83. The van der Waals surface area contributed by atoms with Gasteiger partial charge in [0, 0.05) is 57.4 Å². The number of benzene rings is 1. The molecule has 0 radical (unpaired) electrons. The Morgan fingerprint density at radius 3 is 2.65 bits per heavy atom. The van der Waals surface area contributed by atoms with Crippen LogP contribution in [0.3, 0.4) is 0 Å². The molecule has 31 heavy (non-hydrogen) atoms. The van der Waals surface area contributed by atoms with Gasteiger partial charge < -0.3 is 19.9 Å². The lowest BCUT2D eigenvalue weighted by Crippen LogP contribution is -2.61. The zero-order valence-corrected chi connectivity index (χ0v) is 17.5. The number of fused-ring (bicyclic) bond motifs is 2.